The van der Waals surface area contributed by atoms with Gasteiger partial charge < -0.3 is 40.4 Å². The smallest absolute Gasteiger partial charge is 0.337 e. The molecule has 0 spiro atoms. The van der Waals surface area contributed by atoms with E-state index in [1.165, 1.54) is 51.4 Å². The number of phosphoric ester groups is 1. The lowest BCUT2D eigenvalue weighted by molar-refractivity contribution is -0.512. The number of rotatable bonds is 14. The van der Waals surface area contributed by atoms with Crippen LogP contribution in [0.4, 0.5) is 0 Å². The predicted octanol–water partition coefficient (Wildman–Crippen LogP) is 0.655. The van der Waals surface area contributed by atoms with Crippen LogP contribution in [-0.2, 0) is 9.09 Å². The fourth-order valence-electron chi connectivity index (χ4n) is 1.95. The first-order valence-corrected chi connectivity index (χ1v) is 10.4. The summed E-state index contributed by atoms with van der Waals surface area (Å²) in [4.78, 5) is 16.9. The molecule has 0 saturated carbocycles. The van der Waals surface area contributed by atoms with Crippen molar-refractivity contribution >= 4 is 7.82 Å². The van der Waals surface area contributed by atoms with Gasteiger partial charge in [-0.25, -0.2) is 4.57 Å². The van der Waals surface area contributed by atoms with Crippen LogP contribution >= 0.6 is 7.82 Å². The molecule has 0 rings (SSSR count). The van der Waals surface area contributed by atoms with Crippen LogP contribution in [0.15, 0.2) is 0 Å². The first-order valence-electron chi connectivity index (χ1n) is 8.85. The molecular formula is C15H35O10P. The molecule has 160 valence electrons. The first-order chi connectivity index (χ1) is 11.8. The van der Waals surface area contributed by atoms with Gasteiger partial charge in [0.25, 0.3) is 0 Å². The Morgan fingerprint density at radius 3 is 1.23 bits per heavy atom. The molecule has 0 aromatic carbocycles. The highest BCUT2D eigenvalue weighted by molar-refractivity contribution is 7.46. The largest absolute Gasteiger partial charge is 0.469 e. The molecule has 0 aromatic rings. The van der Waals surface area contributed by atoms with Crippen molar-refractivity contribution in [1.29, 1.82) is 0 Å². The van der Waals surface area contributed by atoms with Crippen molar-refractivity contribution in [3.05, 3.63) is 0 Å². The molecule has 10 nitrogen and oxygen atoms in total. The van der Waals surface area contributed by atoms with Crippen LogP contribution in [0.1, 0.15) is 77.6 Å². The SMILES string of the molecule is CCCCCCCCCCCCCOP(=O)(O)O.OC(O)(O)C(O)(O)O. The van der Waals surface area contributed by atoms with Crippen molar-refractivity contribution in [3.63, 3.8) is 0 Å². The van der Waals surface area contributed by atoms with Gasteiger partial charge in [-0.2, -0.15) is 0 Å². The van der Waals surface area contributed by atoms with E-state index in [2.05, 4.69) is 11.4 Å². The van der Waals surface area contributed by atoms with E-state index in [4.69, 9.17) is 40.4 Å². The normalized spacial score (nSPS) is 12.7. The monoisotopic (exact) mass is 406 g/mol. The maximum absolute atomic E-state index is 10.4. The number of aliphatic hydroxyl groups is 6. The van der Waals surface area contributed by atoms with Crippen molar-refractivity contribution in [1.82, 2.24) is 0 Å². The van der Waals surface area contributed by atoms with E-state index in [1.54, 1.807) is 0 Å². The van der Waals surface area contributed by atoms with Crippen LogP contribution in [0, 0.1) is 0 Å². The quantitative estimate of drug-likeness (QED) is 0.116. The van der Waals surface area contributed by atoms with E-state index in [1.807, 2.05) is 0 Å². The summed E-state index contributed by atoms with van der Waals surface area (Å²) >= 11 is 0. The summed E-state index contributed by atoms with van der Waals surface area (Å²) in [5.74, 6) is -7.79. The van der Waals surface area contributed by atoms with Crippen molar-refractivity contribution in [3.8, 4) is 0 Å². The van der Waals surface area contributed by atoms with Gasteiger partial charge in [-0.1, -0.05) is 71.1 Å². The van der Waals surface area contributed by atoms with Crippen LogP contribution in [0.25, 0.3) is 0 Å². The van der Waals surface area contributed by atoms with Gasteiger partial charge in [-0.15, -0.1) is 0 Å². The maximum atomic E-state index is 10.4. The van der Waals surface area contributed by atoms with Gasteiger partial charge in [-0.05, 0) is 6.42 Å². The molecule has 0 heterocycles. The Kier molecular flexibility index (Phi) is 16.1. The first kappa shape index (κ1) is 28.1. The molecule has 0 amide bonds. The summed E-state index contributed by atoms with van der Waals surface area (Å²) in [6.07, 6.45) is 13.5. The second-order valence-corrected chi connectivity index (χ2v) is 7.37. The Morgan fingerprint density at radius 1 is 0.654 bits per heavy atom. The fraction of sp³-hybridized carbons (Fsp3) is 1.00. The minimum absolute atomic E-state index is 0.168. The van der Waals surface area contributed by atoms with Gasteiger partial charge in [-0.3, -0.25) is 4.52 Å². The Labute approximate surface area is 154 Å². The van der Waals surface area contributed by atoms with Crippen LogP contribution in [0.3, 0.4) is 0 Å². The number of unbranched alkanes of at least 4 members (excludes halogenated alkanes) is 10. The van der Waals surface area contributed by atoms with Crippen LogP contribution < -0.4 is 0 Å². The summed E-state index contributed by atoms with van der Waals surface area (Å²) in [5.41, 5.74) is 0. The third-order valence-electron chi connectivity index (χ3n) is 3.46. The molecule has 0 aromatic heterocycles. The Bertz CT molecular complexity index is 346. The second-order valence-electron chi connectivity index (χ2n) is 6.13. The molecule has 0 atom stereocenters. The zero-order chi connectivity index (χ0) is 20.7. The van der Waals surface area contributed by atoms with Gasteiger partial charge in [0, 0.05) is 0 Å². The summed E-state index contributed by atoms with van der Waals surface area (Å²) in [7, 11) is -4.25. The third kappa shape index (κ3) is 21.9. The minimum Gasteiger partial charge on any atom is -0.337 e. The number of phosphoric acid groups is 1. The minimum atomic E-state index is -4.25. The average Bonchev–Trinajstić information content (AvgIpc) is 2.46. The van der Waals surface area contributed by atoms with Crippen molar-refractivity contribution in [2.75, 3.05) is 6.61 Å². The van der Waals surface area contributed by atoms with Gasteiger partial charge in [0.15, 0.2) is 0 Å². The Hall–Kier alpha value is -0.130. The highest BCUT2D eigenvalue weighted by Gasteiger charge is 2.44. The van der Waals surface area contributed by atoms with Crippen LogP contribution in [0.5, 0.6) is 0 Å². The van der Waals surface area contributed by atoms with Crippen molar-refractivity contribution in [2.45, 2.75) is 89.5 Å². The van der Waals surface area contributed by atoms with E-state index < -0.39 is 19.8 Å². The number of hydrogen-bond donors (Lipinski definition) is 8. The molecule has 0 bridgehead atoms. The Balaban J connectivity index is 0. The van der Waals surface area contributed by atoms with Crippen LogP contribution in [0.2, 0.25) is 0 Å². The van der Waals surface area contributed by atoms with E-state index >= 15 is 0 Å². The van der Waals surface area contributed by atoms with Crippen molar-refractivity contribution < 1.29 is 49.5 Å². The topological polar surface area (TPSA) is 188 Å². The molecule has 0 aliphatic rings. The van der Waals surface area contributed by atoms with Crippen molar-refractivity contribution in [2.24, 2.45) is 0 Å². The van der Waals surface area contributed by atoms with Gasteiger partial charge in [0.1, 0.15) is 0 Å². The molecule has 0 aliphatic heterocycles. The number of hydrogen-bond acceptors (Lipinski definition) is 8. The van der Waals surface area contributed by atoms with E-state index in [0.29, 0.717) is 0 Å². The fourth-order valence-corrected chi connectivity index (χ4v) is 2.32. The predicted molar refractivity (Wildman–Crippen MR) is 93.2 cm³/mol. The van der Waals surface area contributed by atoms with E-state index in [0.717, 1.165) is 19.3 Å². The average molecular weight is 406 g/mol. The molecular weight excluding hydrogens is 371 g/mol. The summed E-state index contributed by atoms with van der Waals surface area (Å²) < 4.78 is 14.8. The molecule has 8 N–H and O–H groups in total. The molecule has 11 heteroatoms. The molecule has 0 unspecified atom stereocenters. The summed E-state index contributed by atoms with van der Waals surface area (Å²) in [6.45, 7) is 2.40. The molecule has 0 fully saturated rings. The van der Waals surface area contributed by atoms with Gasteiger partial charge >= 0.3 is 19.8 Å². The van der Waals surface area contributed by atoms with Gasteiger partial charge in [0.05, 0.1) is 6.61 Å². The lowest BCUT2D eigenvalue weighted by atomic mass is 10.1. The summed E-state index contributed by atoms with van der Waals surface area (Å²) in [5, 5.41) is 46.3. The zero-order valence-electron chi connectivity index (χ0n) is 15.3. The van der Waals surface area contributed by atoms with Crippen LogP contribution in [-0.4, -0.2) is 59.0 Å². The molecule has 0 radical (unpaired) electrons. The molecule has 0 saturated heterocycles. The van der Waals surface area contributed by atoms with Gasteiger partial charge in [0.2, 0.25) is 0 Å². The summed E-state index contributed by atoms with van der Waals surface area (Å²) in [6, 6.07) is 0. The van der Waals surface area contributed by atoms with E-state index in [-0.39, 0.29) is 6.61 Å². The zero-order valence-corrected chi connectivity index (χ0v) is 16.2. The lowest BCUT2D eigenvalue weighted by Crippen LogP contribution is -2.54. The lowest BCUT2D eigenvalue weighted by Gasteiger charge is -2.23. The molecule has 26 heavy (non-hydrogen) atoms. The highest BCUT2D eigenvalue weighted by atomic mass is 31.2. The third-order valence-corrected chi connectivity index (χ3v) is 3.98. The standard InChI is InChI=1S/C13H29O4P.C2H6O6/c1-2-3-4-5-6-7-8-9-10-11-12-13-17-18(14,15)16;3-1(4,5)2(6,7)8/h2-13H2,1H3,(H2,14,15,16);3-8H. The molecule has 0 aliphatic carbocycles. The highest BCUT2D eigenvalue weighted by Crippen LogP contribution is 2.35. The van der Waals surface area contributed by atoms with E-state index in [9.17, 15) is 4.57 Å². The Morgan fingerprint density at radius 2 is 0.962 bits per heavy atom. The second kappa shape index (κ2) is 14.9. The maximum Gasteiger partial charge on any atom is 0.469 e.